The van der Waals surface area contributed by atoms with Crippen molar-refractivity contribution in [1.82, 2.24) is 20.4 Å². The Morgan fingerprint density at radius 3 is 2.76 bits per heavy atom. The Morgan fingerprint density at radius 1 is 1.24 bits per heavy atom. The Bertz CT molecular complexity index is 1160. The van der Waals surface area contributed by atoms with Crippen molar-refractivity contribution in [2.75, 3.05) is 19.8 Å². The molecule has 0 saturated carbocycles. The number of benzene rings is 2. The van der Waals surface area contributed by atoms with Gasteiger partial charge in [0.2, 0.25) is 5.82 Å². The lowest BCUT2D eigenvalue weighted by Crippen LogP contribution is -2.46. The summed E-state index contributed by atoms with van der Waals surface area (Å²) >= 11 is 5.98. The van der Waals surface area contributed by atoms with Crippen molar-refractivity contribution < 1.29 is 18.4 Å². The highest BCUT2D eigenvalue weighted by Crippen LogP contribution is 2.37. The van der Waals surface area contributed by atoms with Gasteiger partial charge < -0.3 is 14.6 Å². The second-order valence-electron chi connectivity index (χ2n) is 7.57. The molecular weight excluding hydrogens is 447 g/mol. The number of rotatable bonds is 8. The first-order valence-electron chi connectivity index (χ1n) is 10.7. The predicted octanol–water partition coefficient (Wildman–Crippen LogP) is 5.45. The topological polar surface area (TPSA) is 80.5 Å². The summed E-state index contributed by atoms with van der Waals surface area (Å²) in [6.07, 6.45) is 0.663. The lowest BCUT2D eigenvalue weighted by atomic mass is 9.94. The van der Waals surface area contributed by atoms with Crippen LogP contribution in [0.4, 0.5) is 9.18 Å². The number of ether oxygens (including phenoxy) is 1. The van der Waals surface area contributed by atoms with Gasteiger partial charge in [0, 0.05) is 36.0 Å². The number of carbonyl (C=O) groups is 1. The van der Waals surface area contributed by atoms with Crippen molar-refractivity contribution in [2.45, 2.75) is 26.3 Å². The molecule has 0 fully saturated rings. The van der Waals surface area contributed by atoms with Gasteiger partial charge in [-0.25, -0.2) is 9.18 Å². The van der Waals surface area contributed by atoms with Crippen LogP contribution in [-0.2, 0) is 4.74 Å². The third kappa shape index (κ3) is 5.07. The number of urea groups is 1. The first-order chi connectivity index (χ1) is 16.0. The molecule has 3 aromatic rings. The van der Waals surface area contributed by atoms with E-state index < -0.39 is 11.9 Å². The molecule has 1 unspecified atom stereocenters. The van der Waals surface area contributed by atoms with Crippen LogP contribution in [0, 0.1) is 5.82 Å². The van der Waals surface area contributed by atoms with Gasteiger partial charge in [-0.15, -0.1) is 0 Å². The molecule has 1 aliphatic rings. The Labute approximate surface area is 196 Å². The molecule has 0 saturated heterocycles. The number of aromatic nitrogens is 2. The molecule has 1 atom stereocenters. The minimum atomic E-state index is -0.644. The highest BCUT2D eigenvalue weighted by Gasteiger charge is 2.35. The molecule has 1 aromatic heterocycles. The minimum absolute atomic E-state index is 0.251. The maximum atomic E-state index is 14.0. The van der Waals surface area contributed by atoms with Gasteiger partial charge in [0.1, 0.15) is 5.82 Å². The van der Waals surface area contributed by atoms with Gasteiger partial charge in [0.05, 0.1) is 11.6 Å². The highest BCUT2D eigenvalue weighted by atomic mass is 35.5. The van der Waals surface area contributed by atoms with Crippen LogP contribution < -0.4 is 5.32 Å². The number of allylic oxidation sites excluding steroid dienone is 1. The van der Waals surface area contributed by atoms with E-state index in [2.05, 4.69) is 15.5 Å². The van der Waals surface area contributed by atoms with Gasteiger partial charge in [-0.05, 0) is 62.2 Å². The summed E-state index contributed by atoms with van der Waals surface area (Å²) in [5.74, 6) is 0.242. The van der Waals surface area contributed by atoms with Crippen molar-refractivity contribution in [1.29, 1.82) is 0 Å². The van der Waals surface area contributed by atoms with Crippen LogP contribution in [0.1, 0.15) is 37.8 Å². The number of amides is 2. The van der Waals surface area contributed by atoms with E-state index in [4.69, 9.17) is 20.9 Å². The summed E-state index contributed by atoms with van der Waals surface area (Å²) in [7, 11) is 0. The van der Waals surface area contributed by atoms with Crippen LogP contribution in [0.15, 0.2) is 58.8 Å². The first-order valence-corrected chi connectivity index (χ1v) is 11.1. The van der Waals surface area contributed by atoms with Gasteiger partial charge >= 0.3 is 6.03 Å². The highest BCUT2D eigenvalue weighted by molar-refractivity contribution is 6.30. The summed E-state index contributed by atoms with van der Waals surface area (Å²) < 4.78 is 25.0. The van der Waals surface area contributed by atoms with Crippen molar-refractivity contribution in [2.24, 2.45) is 0 Å². The fourth-order valence-corrected chi connectivity index (χ4v) is 3.91. The smallest absolute Gasteiger partial charge is 0.322 e. The maximum Gasteiger partial charge on any atom is 0.322 e. The zero-order valence-corrected chi connectivity index (χ0v) is 19.1. The molecule has 2 amide bonds. The first kappa shape index (κ1) is 22.9. The van der Waals surface area contributed by atoms with Gasteiger partial charge in [0.25, 0.3) is 5.89 Å². The molecular formula is C24H24ClFN4O3. The number of nitrogens with zero attached hydrogens (tertiary/aromatic N) is 3. The van der Waals surface area contributed by atoms with Crippen molar-refractivity contribution in [3.63, 3.8) is 0 Å². The Hall–Kier alpha value is -3.23. The maximum absolute atomic E-state index is 14.0. The number of hydrogen-bond acceptors (Lipinski definition) is 5. The van der Waals surface area contributed by atoms with Crippen molar-refractivity contribution >= 4 is 23.2 Å². The molecule has 0 aliphatic carbocycles. The summed E-state index contributed by atoms with van der Waals surface area (Å²) in [4.78, 5) is 19.1. The summed E-state index contributed by atoms with van der Waals surface area (Å²) in [6, 6.07) is 12.3. The molecule has 0 radical (unpaired) electrons. The average Bonchev–Trinajstić information content (AvgIpc) is 3.28. The zero-order chi connectivity index (χ0) is 23.4. The second-order valence-corrected chi connectivity index (χ2v) is 8.01. The third-order valence-corrected chi connectivity index (χ3v) is 5.66. The molecule has 0 spiro atoms. The Morgan fingerprint density at radius 2 is 2.03 bits per heavy atom. The predicted molar refractivity (Wildman–Crippen MR) is 123 cm³/mol. The van der Waals surface area contributed by atoms with Crippen molar-refractivity contribution in [3.05, 3.63) is 76.5 Å². The van der Waals surface area contributed by atoms with E-state index in [1.165, 1.54) is 12.1 Å². The monoisotopic (exact) mass is 470 g/mol. The third-order valence-electron chi connectivity index (χ3n) is 5.41. The van der Waals surface area contributed by atoms with E-state index in [0.29, 0.717) is 53.9 Å². The zero-order valence-electron chi connectivity index (χ0n) is 18.3. The molecule has 1 N–H and O–H groups in total. The molecule has 4 rings (SSSR count). The van der Waals surface area contributed by atoms with E-state index in [1.807, 2.05) is 13.8 Å². The number of carbonyl (C=O) groups excluding carboxylic acids is 1. The van der Waals surface area contributed by atoms with Crippen LogP contribution in [-0.4, -0.2) is 40.8 Å². The van der Waals surface area contributed by atoms with E-state index in [9.17, 15) is 9.18 Å². The minimum Gasteiger partial charge on any atom is -0.382 e. The molecule has 33 heavy (non-hydrogen) atoms. The molecule has 7 nitrogen and oxygen atoms in total. The fourth-order valence-electron chi connectivity index (χ4n) is 3.78. The molecule has 2 heterocycles. The molecule has 1 aliphatic heterocycles. The van der Waals surface area contributed by atoms with Crippen LogP contribution in [0.3, 0.4) is 0 Å². The quantitative estimate of drug-likeness (QED) is 0.442. The fraction of sp³-hybridized carbons (Fsp3) is 0.292. The van der Waals surface area contributed by atoms with E-state index in [-0.39, 0.29) is 11.9 Å². The number of halogens is 2. The van der Waals surface area contributed by atoms with Crippen molar-refractivity contribution in [3.8, 4) is 11.4 Å². The van der Waals surface area contributed by atoms with E-state index in [1.54, 1.807) is 41.3 Å². The van der Waals surface area contributed by atoms with Crippen LogP contribution in [0.2, 0.25) is 5.02 Å². The van der Waals surface area contributed by atoms with Crippen LogP contribution in [0.25, 0.3) is 17.0 Å². The molecule has 172 valence electrons. The summed E-state index contributed by atoms with van der Waals surface area (Å²) in [5, 5.41) is 7.68. The lowest BCUT2D eigenvalue weighted by Gasteiger charge is -2.35. The Balaban J connectivity index is 1.74. The largest absolute Gasteiger partial charge is 0.382 e. The molecule has 2 aromatic carbocycles. The number of hydrogen-bond donors (Lipinski definition) is 1. The molecule has 9 heteroatoms. The summed E-state index contributed by atoms with van der Waals surface area (Å²) in [6.45, 7) is 5.36. The normalized spacial score (nSPS) is 16.3. The van der Waals surface area contributed by atoms with E-state index >= 15 is 0 Å². The van der Waals surface area contributed by atoms with Crippen LogP contribution in [0.5, 0.6) is 0 Å². The van der Waals surface area contributed by atoms with Gasteiger partial charge in [-0.2, -0.15) is 4.98 Å². The van der Waals surface area contributed by atoms with Gasteiger partial charge in [-0.1, -0.05) is 28.9 Å². The summed E-state index contributed by atoms with van der Waals surface area (Å²) in [5.41, 5.74) is 2.60. The van der Waals surface area contributed by atoms with Gasteiger partial charge in [0.15, 0.2) is 0 Å². The van der Waals surface area contributed by atoms with E-state index in [0.717, 1.165) is 5.56 Å². The Kier molecular flexibility index (Phi) is 7.05. The van der Waals surface area contributed by atoms with Gasteiger partial charge in [-0.3, -0.25) is 4.90 Å². The second kappa shape index (κ2) is 10.1. The van der Waals surface area contributed by atoms with Crippen LogP contribution >= 0.6 is 11.6 Å². The standard InChI is InChI=1S/C24H24ClFN4O3/c1-3-32-13-5-12-30-15(2)20(21(27-24(30)31)17-6-4-7-19(26)14-17)23-28-22(29-33-23)16-8-10-18(25)11-9-16/h4,6-11,14,21H,3,5,12-13H2,1-2H3,(H,27,31). The average molecular weight is 471 g/mol. The SMILES string of the molecule is CCOCCCN1C(=O)NC(c2cccc(F)c2)C(c2nc(-c3ccc(Cl)cc3)no2)=C1C. The molecule has 0 bridgehead atoms. The lowest BCUT2D eigenvalue weighted by molar-refractivity contribution is 0.136. The number of nitrogens with one attached hydrogen (secondary N) is 1.